The van der Waals surface area contributed by atoms with Crippen LogP contribution in [-0.4, -0.2) is 46.1 Å². The number of nitrogens with zero attached hydrogens (tertiary/aromatic N) is 2. The molecule has 6 unspecified atom stereocenters. The fourth-order valence-corrected chi connectivity index (χ4v) is 15.5. The number of hydrogen-bond donors (Lipinski definition) is 0. The molecule has 0 spiro atoms. The standard InChI is InChI=1S/C54H92N2/c1-39-15-21-43(22-16-39)25-27-45-29-33-49(34-30-45)55(47-11-7-5-8-12-47)53-41(3)19-38-52-51(53)37-20-42(4)54(52)56(48-13-9-6-10-14-48)50-35-31-46(32-36-50)28-26-44-23-17-40(2)18-24-44/h25-28,39-54H,5-24,29-38H2,1-4H3/b27-25+,28-26+. The minimum Gasteiger partial charge on any atom is -0.294 e. The quantitative estimate of drug-likeness (QED) is 0.204. The Morgan fingerprint density at radius 2 is 0.571 bits per heavy atom. The summed E-state index contributed by atoms with van der Waals surface area (Å²) < 4.78 is 0. The lowest BCUT2D eigenvalue weighted by Gasteiger charge is -2.60. The van der Waals surface area contributed by atoms with Crippen LogP contribution in [0.15, 0.2) is 24.3 Å². The molecule has 0 aromatic carbocycles. The molecule has 0 saturated heterocycles. The first kappa shape index (κ1) is 42.1. The van der Waals surface area contributed by atoms with E-state index in [2.05, 4.69) is 61.8 Å². The van der Waals surface area contributed by atoms with Crippen LogP contribution < -0.4 is 0 Å². The second-order valence-electron chi connectivity index (χ2n) is 22.8. The van der Waals surface area contributed by atoms with Crippen molar-refractivity contribution in [1.29, 1.82) is 0 Å². The molecule has 8 aliphatic carbocycles. The molecule has 8 aliphatic rings. The summed E-state index contributed by atoms with van der Waals surface area (Å²) in [6.07, 6.45) is 55.1. The van der Waals surface area contributed by atoms with Gasteiger partial charge < -0.3 is 0 Å². The van der Waals surface area contributed by atoms with Gasteiger partial charge in [-0.1, -0.05) is 116 Å². The van der Waals surface area contributed by atoms with E-state index in [0.717, 1.165) is 95.4 Å². The van der Waals surface area contributed by atoms with Crippen molar-refractivity contribution >= 4 is 0 Å². The van der Waals surface area contributed by atoms with Crippen LogP contribution in [0.3, 0.4) is 0 Å². The first-order valence-corrected chi connectivity index (χ1v) is 26.3. The van der Waals surface area contributed by atoms with Crippen LogP contribution in [0.25, 0.3) is 0 Å². The van der Waals surface area contributed by atoms with Gasteiger partial charge in [-0.15, -0.1) is 0 Å². The van der Waals surface area contributed by atoms with E-state index in [-0.39, 0.29) is 0 Å². The van der Waals surface area contributed by atoms with Crippen LogP contribution in [-0.2, 0) is 0 Å². The molecule has 0 bridgehead atoms. The lowest BCUT2D eigenvalue weighted by atomic mass is 9.58. The van der Waals surface area contributed by atoms with Gasteiger partial charge in [0.05, 0.1) is 0 Å². The number of allylic oxidation sites excluding steroid dienone is 4. The maximum absolute atomic E-state index is 3.38. The highest BCUT2D eigenvalue weighted by molar-refractivity contribution is 5.07. The SMILES string of the molecule is CC1CCC(/C=C/C2CCC(N(C3CCCCC3)C3C(C)CCC4C3CCC(C)C4N(C3CCCCC3)C3CCC(/C=C/C4CCC(C)CC4)CC3)CC2)CC1. The van der Waals surface area contributed by atoms with Crippen LogP contribution in [0.2, 0.25) is 0 Å². The molecule has 2 heteroatoms. The van der Waals surface area contributed by atoms with Crippen molar-refractivity contribution in [3.63, 3.8) is 0 Å². The van der Waals surface area contributed by atoms with E-state index in [4.69, 9.17) is 0 Å². The summed E-state index contributed by atoms with van der Waals surface area (Å²) in [5.74, 6) is 8.97. The van der Waals surface area contributed by atoms with Gasteiger partial charge in [-0.05, 0) is 188 Å². The minimum atomic E-state index is 0.838. The zero-order valence-corrected chi connectivity index (χ0v) is 37.7. The average molecular weight is 769 g/mol. The monoisotopic (exact) mass is 769 g/mol. The van der Waals surface area contributed by atoms with Gasteiger partial charge in [-0.25, -0.2) is 0 Å². The van der Waals surface area contributed by atoms with Gasteiger partial charge in [0.15, 0.2) is 0 Å². The fourth-order valence-electron chi connectivity index (χ4n) is 15.5. The Balaban J connectivity index is 0.979. The number of hydrogen-bond acceptors (Lipinski definition) is 2. The summed E-state index contributed by atoms with van der Waals surface area (Å²) in [6.45, 7) is 10.4. The Morgan fingerprint density at radius 3 is 0.893 bits per heavy atom. The molecule has 0 radical (unpaired) electrons. The van der Waals surface area contributed by atoms with Crippen LogP contribution in [0.5, 0.6) is 0 Å². The molecule has 0 amide bonds. The van der Waals surface area contributed by atoms with Gasteiger partial charge in [-0.3, -0.25) is 9.80 Å². The normalized spacial score (nSPS) is 44.1. The third-order valence-electron chi connectivity index (χ3n) is 18.9. The molecule has 8 saturated carbocycles. The highest BCUT2D eigenvalue weighted by Crippen LogP contribution is 2.52. The van der Waals surface area contributed by atoms with E-state index in [0.29, 0.717) is 0 Å². The molecule has 0 aliphatic heterocycles. The molecule has 0 aromatic rings. The van der Waals surface area contributed by atoms with Crippen molar-refractivity contribution in [2.24, 2.45) is 59.2 Å². The zero-order chi connectivity index (χ0) is 38.4. The van der Waals surface area contributed by atoms with Crippen LogP contribution in [0.1, 0.15) is 220 Å². The van der Waals surface area contributed by atoms with Gasteiger partial charge >= 0.3 is 0 Å². The first-order chi connectivity index (χ1) is 27.4. The first-order valence-electron chi connectivity index (χ1n) is 26.3. The molecule has 318 valence electrons. The van der Waals surface area contributed by atoms with Gasteiger partial charge in [0.2, 0.25) is 0 Å². The molecule has 56 heavy (non-hydrogen) atoms. The fraction of sp³-hybridized carbons (Fsp3) is 0.926. The zero-order valence-electron chi connectivity index (χ0n) is 37.7. The van der Waals surface area contributed by atoms with Gasteiger partial charge in [0.1, 0.15) is 0 Å². The van der Waals surface area contributed by atoms with Gasteiger partial charge in [-0.2, -0.15) is 0 Å². The second-order valence-corrected chi connectivity index (χ2v) is 22.8. The molecule has 2 nitrogen and oxygen atoms in total. The topological polar surface area (TPSA) is 6.48 Å². The summed E-state index contributed by atoms with van der Waals surface area (Å²) in [7, 11) is 0. The number of rotatable bonds is 10. The summed E-state index contributed by atoms with van der Waals surface area (Å²) in [6, 6.07) is 5.09. The summed E-state index contributed by atoms with van der Waals surface area (Å²) >= 11 is 0. The minimum absolute atomic E-state index is 0.838. The highest BCUT2D eigenvalue weighted by atomic mass is 15.3. The Labute approximate surface area is 348 Å². The maximum atomic E-state index is 3.38. The molecular formula is C54H92N2. The summed E-state index contributed by atoms with van der Waals surface area (Å²) in [5, 5.41) is 0. The van der Waals surface area contributed by atoms with E-state index in [9.17, 15) is 0 Å². The predicted octanol–water partition coefficient (Wildman–Crippen LogP) is 15.0. The Bertz CT molecular complexity index is 1100. The molecule has 0 aromatic heterocycles. The van der Waals surface area contributed by atoms with Crippen LogP contribution >= 0.6 is 0 Å². The van der Waals surface area contributed by atoms with Crippen molar-refractivity contribution in [2.75, 3.05) is 0 Å². The van der Waals surface area contributed by atoms with Crippen molar-refractivity contribution in [3.05, 3.63) is 24.3 Å². The van der Waals surface area contributed by atoms with Crippen LogP contribution in [0.4, 0.5) is 0 Å². The largest absolute Gasteiger partial charge is 0.294 e. The molecule has 8 rings (SSSR count). The van der Waals surface area contributed by atoms with Gasteiger partial charge in [0, 0.05) is 36.3 Å². The van der Waals surface area contributed by atoms with Crippen molar-refractivity contribution in [1.82, 2.24) is 9.80 Å². The van der Waals surface area contributed by atoms with E-state index >= 15 is 0 Å². The number of fused-ring (bicyclic) bond motifs is 1. The predicted molar refractivity (Wildman–Crippen MR) is 241 cm³/mol. The van der Waals surface area contributed by atoms with E-state index in [1.807, 2.05) is 0 Å². The molecule has 8 fully saturated rings. The van der Waals surface area contributed by atoms with E-state index in [1.54, 1.807) is 0 Å². The Morgan fingerprint density at radius 1 is 0.286 bits per heavy atom. The molecule has 0 N–H and O–H groups in total. The second kappa shape index (κ2) is 20.3. The third-order valence-corrected chi connectivity index (χ3v) is 18.9. The van der Waals surface area contributed by atoms with Crippen molar-refractivity contribution in [3.8, 4) is 0 Å². The van der Waals surface area contributed by atoms with Crippen molar-refractivity contribution in [2.45, 2.75) is 257 Å². The molecular weight excluding hydrogens is 677 g/mol. The van der Waals surface area contributed by atoms with E-state index in [1.165, 1.54) is 193 Å². The molecule has 0 heterocycles. The lowest BCUT2D eigenvalue weighted by Crippen LogP contribution is -2.64. The average Bonchev–Trinajstić information content (AvgIpc) is 3.24. The summed E-state index contributed by atoms with van der Waals surface area (Å²) in [4.78, 5) is 6.76. The van der Waals surface area contributed by atoms with Gasteiger partial charge in [0.25, 0.3) is 0 Å². The Hall–Kier alpha value is -0.600. The highest BCUT2D eigenvalue weighted by Gasteiger charge is 2.52. The molecule has 6 atom stereocenters. The maximum Gasteiger partial charge on any atom is 0.0158 e. The Kier molecular flexibility index (Phi) is 15.3. The smallest absolute Gasteiger partial charge is 0.0158 e. The van der Waals surface area contributed by atoms with Crippen LogP contribution in [0, 0.1) is 59.2 Å². The van der Waals surface area contributed by atoms with Crippen molar-refractivity contribution < 1.29 is 0 Å². The third kappa shape index (κ3) is 10.3. The van der Waals surface area contributed by atoms with E-state index < -0.39 is 0 Å². The summed E-state index contributed by atoms with van der Waals surface area (Å²) in [5.41, 5.74) is 0. The lowest BCUT2D eigenvalue weighted by molar-refractivity contribution is -0.110.